The molecule has 0 bridgehead atoms. The molecular weight excluding hydrogens is 430 g/mol. The number of unbranched alkanes of at least 4 members (excludes halogenated alkanes) is 1. The van der Waals surface area contributed by atoms with Gasteiger partial charge in [0.2, 0.25) is 0 Å². The van der Waals surface area contributed by atoms with Gasteiger partial charge in [-0.15, -0.1) is 0 Å². The SMILES string of the molecule is CCCCOc1ccc(C2c3c(-c4ccccc4)n[nH]c3C(=O)N2Cc2ccco2)cc1OC. The smallest absolute Gasteiger partial charge is 0.273 e. The first kappa shape index (κ1) is 21.8. The molecule has 0 radical (unpaired) electrons. The van der Waals surface area contributed by atoms with E-state index in [-0.39, 0.29) is 11.9 Å². The summed E-state index contributed by atoms with van der Waals surface area (Å²) < 4.78 is 17.2. The van der Waals surface area contributed by atoms with Crippen LogP contribution in [-0.2, 0) is 6.54 Å². The minimum Gasteiger partial charge on any atom is -0.493 e. The monoisotopic (exact) mass is 457 g/mol. The standard InChI is InChI=1S/C27H27N3O4/c1-3-4-14-34-21-13-12-19(16-22(21)32-2)26-23-24(18-9-6-5-7-10-18)28-29-25(23)27(31)30(26)17-20-11-8-15-33-20/h5-13,15-16,26H,3-4,14,17H2,1-2H3,(H,28,29). The Bertz CT molecular complexity index is 1260. The zero-order chi connectivity index (χ0) is 23.5. The molecule has 2 aromatic heterocycles. The van der Waals surface area contributed by atoms with Crippen LogP contribution in [0.25, 0.3) is 11.3 Å². The van der Waals surface area contributed by atoms with Crippen LogP contribution in [0.15, 0.2) is 71.3 Å². The molecule has 3 heterocycles. The largest absolute Gasteiger partial charge is 0.493 e. The first-order valence-electron chi connectivity index (χ1n) is 11.5. The van der Waals surface area contributed by atoms with Gasteiger partial charge in [-0.3, -0.25) is 9.89 Å². The number of nitrogens with one attached hydrogen (secondary N) is 1. The molecule has 0 fully saturated rings. The molecule has 7 nitrogen and oxygen atoms in total. The number of amides is 1. The Morgan fingerprint density at radius 3 is 2.68 bits per heavy atom. The summed E-state index contributed by atoms with van der Waals surface area (Å²) in [5, 5.41) is 7.51. The van der Waals surface area contributed by atoms with Crippen molar-refractivity contribution in [2.24, 2.45) is 0 Å². The fraction of sp³-hybridized carbons (Fsp3) is 0.259. The summed E-state index contributed by atoms with van der Waals surface area (Å²) in [6.07, 6.45) is 3.64. The maximum absolute atomic E-state index is 13.5. The quantitative estimate of drug-likeness (QED) is 0.331. The van der Waals surface area contributed by atoms with Crippen LogP contribution in [0.3, 0.4) is 0 Å². The lowest BCUT2D eigenvalue weighted by atomic mass is 9.95. The van der Waals surface area contributed by atoms with Crippen molar-refractivity contribution in [2.75, 3.05) is 13.7 Å². The van der Waals surface area contributed by atoms with E-state index >= 15 is 0 Å². The zero-order valence-corrected chi connectivity index (χ0v) is 19.3. The average molecular weight is 458 g/mol. The van der Waals surface area contributed by atoms with Crippen LogP contribution >= 0.6 is 0 Å². The molecule has 1 atom stereocenters. The van der Waals surface area contributed by atoms with Crippen molar-refractivity contribution in [3.05, 3.63) is 89.5 Å². The number of H-pyrrole nitrogens is 1. The highest BCUT2D eigenvalue weighted by atomic mass is 16.5. The molecule has 7 heteroatoms. The fourth-order valence-corrected chi connectivity index (χ4v) is 4.39. The minimum atomic E-state index is -0.361. The van der Waals surface area contributed by atoms with Crippen LogP contribution in [0.4, 0.5) is 0 Å². The topological polar surface area (TPSA) is 80.6 Å². The normalized spacial score (nSPS) is 14.9. The van der Waals surface area contributed by atoms with E-state index in [0.29, 0.717) is 36.1 Å². The number of hydrogen-bond acceptors (Lipinski definition) is 5. The Kier molecular flexibility index (Phi) is 6.08. The summed E-state index contributed by atoms with van der Waals surface area (Å²) in [4.78, 5) is 15.3. The van der Waals surface area contributed by atoms with Crippen molar-refractivity contribution in [3.8, 4) is 22.8 Å². The van der Waals surface area contributed by atoms with E-state index in [2.05, 4.69) is 17.1 Å². The molecule has 1 N–H and O–H groups in total. The van der Waals surface area contributed by atoms with Gasteiger partial charge >= 0.3 is 0 Å². The van der Waals surface area contributed by atoms with Crippen LogP contribution < -0.4 is 9.47 Å². The third-order valence-electron chi connectivity index (χ3n) is 6.08. The number of methoxy groups -OCH3 is 1. The Morgan fingerprint density at radius 2 is 1.94 bits per heavy atom. The predicted molar refractivity (Wildman–Crippen MR) is 128 cm³/mol. The molecule has 1 amide bonds. The summed E-state index contributed by atoms with van der Waals surface area (Å²) in [5.41, 5.74) is 3.97. The molecule has 0 spiro atoms. The van der Waals surface area contributed by atoms with E-state index in [4.69, 9.17) is 13.9 Å². The van der Waals surface area contributed by atoms with E-state index in [9.17, 15) is 4.79 Å². The first-order chi connectivity index (χ1) is 16.7. The summed E-state index contributed by atoms with van der Waals surface area (Å²) >= 11 is 0. The van der Waals surface area contributed by atoms with Crippen molar-refractivity contribution >= 4 is 5.91 Å². The fourth-order valence-electron chi connectivity index (χ4n) is 4.39. The lowest BCUT2D eigenvalue weighted by Gasteiger charge is -2.26. The van der Waals surface area contributed by atoms with Gasteiger partial charge in [0.05, 0.1) is 38.3 Å². The molecule has 2 aromatic carbocycles. The molecule has 5 rings (SSSR count). The van der Waals surface area contributed by atoms with Crippen LogP contribution in [-0.4, -0.2) is 34.7 Å². The summed E-state index contributed by atoms with van der Waals surface area (Å²) in [7, 11) is 1.63. The molecule has 4 aromatic rings. The molecule has 0 saturated heterocycles. The molecular formula is C27H27N3O4. The molecule has 1 aliphatic heterocycles. The van der Waals surface area contributed by atoms with E-state index in [1.807, 2.05) is 60.7 Å². The lowest BCUT2D eigenvalue weighted by Crippen LogP contribution is -2.29. The maximum Gasteiger partial charge on any atom is 0.273 e. The third kappa shape index (κ3) is 3.94. The average Bonchev–Trinajstić information content (AvgIpc) is 3.60. The summed E-state index contributed by atoms with van der Waals surface area (Å²) in [6, 6.07) is 19.1. The Balaban J connectivity index is 1.59. The van der Waals surface area contributed by atoms with Gasteiger partial charge in [0.15, 0.2) is 11.5 Å². The predicted octanol–water partition coefficient (Wildman–Crippen LogP) is 5.60. The molecule has 174 valence electrons. The number of carbonyl (C=O) groups is 1. The van der Waals surface area contributed by atoms with Crippen molar-refractivity contribution in [2.45, 2.75) is 32.4 Å². The number of hydrogen-bond donors (Lipinski definition) is 1. The van der Waals surface area contributed by atoms with Gasteiger partial charge in [0.25, 0.3) is 5.91 Å². The van der Waals surface area contributed by atoms with Crippen molar-refractivity contribution < 1.29 is 18.7 Å². The summed E-state index contributed by atoms with van der Waals surface area (Å²) in [6.45, 7) is 3.09. The second-order valence-corrected chi connectivity index (χ2v) is 8.25. The number of nitrogens with zero attached hydrogens (tertiary/aromatic N) is 2. The number of fused-ring (bicyclic) bond motifs is 1. The lowest BCUT2D eigenvalue weighted by molar-refractivity contribution is 0.0716. The van der Waals surface area contributed by atoms with Crippen molar-refractivity contribution in [3.63, 3.8) is 0 Å². The molecule has 0 aliphatic carbocycles. The van der Waals surface area contributed by atoms with Crippen LogP contribution in [0.1, 0.15) is 53.2 Å². The van der Waals surface area contributed by atoms with Gasteiger partial charge in [0, 0.05) is 11.1 Å². The number of ether oxygens (including phenoxy) is 2. The molecule has 1 unspecified atom stereocenters. The van der Waals surface area contributed by atoms with Gasteiger partial charge in [-0.05, 0) is 36.2 Å². The van der Waals surface area contributed by atoms with Gasteiger partial charge in [-0.1, -0.05) is 49.7 Å². The highest BCUT2D eigenvalue weighted by molar-refractivity contribution is 6.00. The molecule has 1 aliphatic rings. The number of furan rings is 1. The van der Waals surface area contributed by atoms with Crippen molar-refractivity contribution in [1.29, 1.82) is 0 Å². The van der Waals surface area contributed by atoms with Gasteiger partial charge < -0.3 is 18.8 Å². The number of aromatic amines is 1. The van der Waals surface area contributed by atoms with E-state index in [1.165, 1.54) is 0 Å². The number of aromatic nitrogens is 2. The summed E-state index contributed by atoms with van der Waals surface area (Å²) in [5.74, 6) is 1.92. The van der Waals surface area contributed by atoms with E-state index < -0.39 is 0 Å². The first-order valence-corrected chi connectivity index (χ1v) is 11.5. The maximum atomic E-state index is 13.5. The van der Waals surface area contributed by atoms with Gasteiger partial charge in [0.1, 0.15) is 11.5 Å². The Morgan fingerprint density at radius 1 is 1.09 bits per heavy atom. The van der Waals surface area contributed by atoms with Crippen LogP contribution in [0.2, 0.25) is 0 Å². The molecule has 34 heavy (non-hydrogen) atoms. The van der Waals surface area contributed by atoms with E-state index in [0.717, 1.165) is 35.2 Å². The van der Waals surface area contributed by atoms with Crippen LogP contribution in [0, 0.1) is 0 Å². The van der Waals surface area contributed by atoms with Crippen LogP contribution in [0.5, 0.6) is 11.5 Å². The second kappa shape index (κ2) is 9.47. The highest BCUT2D eigenvalue weighted by Crippen LogP contribution is 2.45. The Hall–Kier alpha value is -4.00. The van der Waals surface area contributed by atoms with Crippen molar-refractivity contribution in [1.82, 2.24) is 15.1 Å². The highest BCUT2D eigenvalue weighted by Gasteiger charge is 2.42. The molecule has 0 saturated carbocycles. The van der Waals surface area contributed by atoms with Gasteiger partial charge in [-0.2, -0.15) is 5.10 Å². The number of rotatable bonds is 9. The minimum absolute atomic E-state index is 0.117. The number of benzene rings is 2. The number of carbonyl (C=O) groups excluding carboxylic acids is 1. The zero-order valence-electron chi connectivity index (χ0n) is 19.3. The van der Waals surface area contributed by atoms with E-state index in [1.54, 1.807) is 18.3 Å². The third-order valence-corrected chi connectivity index (χ3v) is 6.08. The Labute approximate surface area is 198 Å². The van der Waals surface area contributed by atoms with Gasteiger partial charge in [-0.25, -0.2) is 0 Å². The second-order valence-electron chi connectivity index (χ2n) is 8.25.